The lowest BCUT2D eigenvalue weighted by Crippen LogP contribution is -2.69. The van der Waals surface area contributed by atoms with E-state index in [4.69, 9.17) is 24.7 Å². The van der Waals surface area contributed by atoms with Gasteiger partial charge in [-0.25, -0.2) is 0 Å². The standard InChI is InChI=1S/C29H35N3O9S/c1-10-6-13-7-15-28(36)32-16-8-40-29(37)14(30)9-42-27(21(32)20(31-15)17(13)22(34)24(10)38-4)19-18(16)23(35)26(39-5)11(2)25(19)41-12(3)33/h6,14-16,20-21,27-28,31,34-36H,7-9,30H2,1-5H3/t14-,15-,16-,20+,21+,27?,28-/m0/s1. The van der Waals surface area contributed by atoms with E-state index in [0.29, 0.717) is 34.4 Å². The topological polar surface area (TPSA) is 173 Å². The Kier molecular flexibility index (Phi) is 7.21. The Morgan fingerprint density at radius 2 is 1.81 bits per heavy atom. The molecule has 2 aromatic carbocycles. The molecule has 2 aromatic rings. The molecule has 0 radical (unpaired) electrons. The van der Waals surface area contributed by atoms with Crippen molar-refractivity contribution in [2.75, 3.05) is 26.6 Å². The number of phenolic OH excluding ortho intramolecular Hbond substituents is 2. The van der Waals surface area contributed by atoms with Crippen LogP contribution in [-0.4, -0.2) is 83.1 Å². The molecule has 2 fully saturated rings. The molecule has 4 heterocycles. The fraction of sp³-hybridized carbons (Fsp3) is 0.517. The highest BCUT2D eigenvalue weighted by Gasteiger charge is 2.58. The molecule has 6 rings (SSSR count). The summed E-state index contributed by atoms with van der Waals surface area (Å²) in [6, 6.07) is -1.35. The number of aliphatic hydroxyl groups is 1. The molecule has 226 valence electrons. The minimum Gasteiger partial charge on any atom is -0.504 e. The van der Waals surface area contributed by atoms with Crippen LogP contribution in [0.4, 0.5) is 0 Å². The number of fused-ring (bicyclic) bond motifs is 7. The second-order valence-corrected chi connectivity index (χ2v) is 12.4. The Labute approximate surface area is 247 Å². The molecule has 0 amide bonds. The number of rotatable bonds is 3. The van der Waals surface area contributed by atoms with Crippen molar-refractivity contribution in [3.8, 4) is 28.7 Å². The number of esters is 2. The highest BCUT2D eigenvalue weighted by molar-refractivity contribution is 7.99. The monoisotopic (exact) mass is 601 g/mol. The molecule has 4 aliphatic heterocycles. The Hall–Kier alpha value is -3.23. The lowest BCUT2D eigenvalue weighted by Gasteiger charge is -2.59. The molecule has 6 N–H and O–H groups in total. The molecule has 0 aliphatic carbocycles. The van der Waals surface area contributed by atoms with Gasteiger partial charge in [0.15, 0.2) is 23.0 Å². The summed E-state index contributed by atoms with van der Waals surface area (Å²) in [4.78, 5) is 27.0. The molecular weight excluding hydrogens is 566 g/mol. The summed E-state index contributed by atoms with van der Waals surface area (Å²) in [5.74, 6) is -0.486. The highest BCUT2D eigenvalue weighted by atomic mass is 32.2. The third kappa shape index (κ3) is 4.13. The smallest absolute Gasteiger partial charge is 0.323 e. The van der Waals surface area contributed by atoms with Crippen LogP contribution in [0.15, 0.2) is 6.07 Å². The summed E-state index contributed by atoms with van der Waals surface area (Å²) < 4.78 is 22.6. The molecule has 4 bridgehead atoms. The predicted molar refractivity (Wildman–Crippen MR) is 152 cm³/mol. The van der Waals surface area contributed by atoms with Gasteiger partial charge in [-0.2, -0.15) is 0 Å². The van der Waals surface area contributed by atoms with Gasteiger partial charge in [0.1, 0.15) is 24.6 Å². The molecule has 2 saturated heterocycles. The number of phenols is 2. The summed E-state index contributed by atoms with van der Waals surface area (Å²) in [7, 11) is 2.90. The molecule has 13 heteroatoms. The van der Waals surface area contributed by atoms with E-state index in [-0.39, 0.29) is 35.4 Å². The van der Waals surface area contributed by atoms with Crippen molar-refractivity contribution in [2.24, 2.45) is 5.73 Å². The fourth-order valence-electron chi connectivity index (χ4n) is 7.20. The molecular formula is C29H35N3O9S. The molecule has 12 nitrogen and oxygen atoms in total. The Morgan fingerprint density at radius 1 is 1.12 bits per heavy atom. The van der Waals surface area contributed by atoms with Gasteiger partial charge in [-0.1, -0.05) is 6.07 Å². The van der Waals surface area contributed by atoms with Gasteiger partial charge in [0.05, 0.1) is 37.6 Å². The van der Waals surface area contributed by atoms with Crippen molar-refractivity contribution >= 4 is 23.7 Å². The number of thioether (sulfide) groups is 1. The largest absolute Gasteiger partial charge is 0.504 e. The number of hydrogen-bond donors (Lipinski definition) is 5. The number of hydrogen-bond acceptors (Lipinski definition) is 13. The summed E-state index contributed by atoms with van der Waals surface area (Å²) in [6.07, 6.45) is -0.653. The first-order chi connectivity index (χ1) is 20.0. The van der Waals surface area contributed by atoms with Crippen molar-refractivity contribution in [1.29, 1.82) is 0 Å². The van der Waals surface area contributed by atoms with E-state index < -0.39 is 53.6 Å². The minimum atomic E-state index is -1.07. The summed E-state index contributed by atoms with van der Waals surface area (Å²) in [5, 5.41) is 38.0. The number of piperazine rings is 1. The van der Waals surface area contributed by atoms with Crippen LogP contribution in [0.25, 0.3) is 0 Å². The summed E-state index contributed by atoms with van der Waals surface area (Å²) in [5.41, 5.74) is 9.80. The second-order valence-electron chi connectivity index (χ2n) is 11.2. The zero-order valence-electron chi connectivity index (χ0n) is 24.0. The first-order valence-electron chi connectivity index (χ1n) is 13.8. The lowest BCUT2D eigenvalue weighted by atomic mass is 9.74. The third-order valence-electron chi connectivity index (χ3n) is 8.83. The number of methoxy groups -OCH3 is 2. The average molecular weight is 602 g/mol. The van der Waals surface area contributed by atoms with Crippen molar-refractivity contribution in [3.05, 3.63) is 39.4 Å². The number of nitrogens with one attached hydrogen (secondary N) is 1. The zero-order valence-corrected chi connectivity index (χ0v) is 24.8. The molecule has 0 spiro atoms. The summed E-state index contributed by atoms with van der Waals surface area (Å²) >= 11 is 1.34. The molecule has 7 atom stereocenters. The number of aromatic hydroxyl groups is 2. The number of nitrogens with two attached hydrogens (primary N) is 1. The quantitative estimate of drug-likeness (QED) is 0.254. The van der Waals surface area contributed by atoms with Crippen molar-refractivity contribution < 1.29 is 43.9 Å². The van der Waals surface area contributed by atoms with Crippen LogP contribution in [0.3, 0.4) is 0 Å². The maximum atomic E-state index is 12.8. The maximum absolute atomic E-state index is 12.8. The number of aliphatic hydroxyl groups excluding tert-OH is 1. The number of carbonyl (C=O) groups excluding carboxylic acids is 2. The molecule has 42 heavy (non-hydrogen) atoms. The fourth-order valence-corrected chi connectivity index (χ4v) is 8.65. The molecule has 0 aromatic heterocycles. The van der Waals surface area contributed by atoms with E-state index in [0.717, 1.165) is 11.1 Å². The maximum Gasteiger partial charge on any atom is 0.323 e. The van der Waals surface area contributed by atoms with Crippen LogP contribution in [0, 0.1) is 13.8 Å². The normalized spacial score (nSPS) is 30.0. The first-order valence-corrected chi connectivity index (χ1v) is 14.8. The third-order valence-corrected chi connectivity index (χ3v) is 10.3. The van der Waals surface area contributed by atoms with Gasteiger partial charge in [-0.05, 0) is 31.4 Å². The van der Waals surface area contributed by atoms with Crippen LogP contribution in [0.1, 0.15) is 57.6 Å². The van der Waals surface area contributed by atoms with Crippen molar-refractivity contribution in [1.82, 2.24) is 10.2 Å². The van der Waals surface area contributed by atoms with Crippen molar-refractivity contribution in [3.63, 3.8) is 0 Å². The van der Waals surface area contributed by atoms with Crippen LogP contribution >= 0.6 is 11.8 Å². The van der Waals surface area contributed by atoms with Gasteiger partial charge in [0.25, 0.3) is 0 Å². The average Bonchev–Trinajstić information content (AvgIpc) is 2.94. The Morgan fingerprint density at radius 3 is 2.48 bits per heavy atom. The van der Waals surface area contributed by atoms with E-state index >= 15 is 0 Å². The zero-order chi connectivity index (χ0) is 30.2. The number of carbonyl (C=O) groups is 2. The van der Waals surface area contributed by atoms with Crippen LogP contribution in [-0.2, 0) is 20.7 Å². The van der Waals surface area contributed by atoms with E-state index in [1.165, 1.54) is 32.9 Å². The highest BCUT2D eigenvalue weighted by Crippen LogP contribution is 2.61. The molecule has 1 unspecified atom stereocenters. The van der Waals surface area contributed by atoms with Gasteiger partial charge in [0.2, 0.25) is 0 Å². The van der Waals surface area contributed by atoms with E-state index in [1.807, 2.05) is 17.9 Å². The summed E-state index contributed by atoms with van der Waals surface area (Å²) in [6.45, 7) is 4.61. The van der Waals surface area contributed by atoms with Crippen LogP contribution in [0.5, 0.6) is 28.7 Å². The lowest BCUT2D eigenvalue weighted by molar-refractivity contribution is -0.159. The van der Waals surface area contributed by atoms with Gasteiger partial charge in [-0.3, -0.25) is 14.5 Å². The van der Waals surface area contributed by atoms with Crippen LogP contribution in [0.2, 0.25) is 0 Å². The predicted octanol–water partition coefficient (Wildman–Crippen LogP) is 1.63. The van der Waals surface area contributed by atoms with Gasteiger partial charge in [0, 0.05) is 41.0 Å². The Bertz CT molecular complexity index is 1480. The van der Waals surface area contributed by atoms with Crippen LogP contribution < -0.4 is 25.3 Å². The SMILES string of the molecule is COc1c(C)cc2c(c1O)[C@H]1N[C@@H](C2)[C@H](O)N2[C@H]3COC(=O)[C@@H](N)CSC(c4c(OC(C)=O)c(C)c(OC)c(O)c43)[C@@H]12. The van der Waals surface area contributed by atoms with Gasteiger partial charge in [-0.15, -0.1) is 11.8 Å². The van der Waals surface area contributed by atoms with E-state index in [9.17, 15) is 24.9 Å². The number of nitrogens with zero attached hydrogens (tertiary/aromatic N) is 1. The number of ether oxygens (including phenoxy) is 4. The second kappa shape index (κ2) is 10.5. The van der Waals surface area contributed by atoms with Gasteiger partial charge >= 0.3 is 11.9 Å². The van der Waals surface area contributed by atoms with E-state index in [1.54, 1.807) is 6.92 Å². The van der Waals surface area contributed by atoms with Crippen molar-refractivity contribution in [2.45, 2.75) is 68.9 Å². The number of cyclic esters (lactones) is 1. The number of aryl methyl sites for hydroxylation is 1. The Balaban J connectivity index is 1.67. The molecule has 4 aliphatic rings. The van der Waals surface area contributed by atoms with E-state index in [2.05, 4.69) is 5.32 Å². The molecule has 0 saturated carbocycles. The number of benzene rings is 2. The minimum absolute atomic E-state index is 0.00933. The van der Waals surface area contributed by atoms with Gasteiger partial charge < -0.3 is 45.3 Å². The first kappa shape index (κ1) is 28.9.